The number of benzene rings is 3. The first-order valence-electron chi connectivity index (χ1n) is 10.9. The van der Waals surface area contributed by atoms with Crippen LogP contribution in [0.3, 0.4) is 0 Å². The number of aryl methyl sites for hydroxylation is 1. The van der Waals surface area contributed by atoms with E-state index < -0.39 is 13.3 Å². The summed E-state index contributed by atoms with van der Waals surface area (Å²) in [6.45, 7) is 6.74. The van der Waals surface area contributed by atoms with Gasteiger partial charge >= 0.3 is 182 Å². The molecular formula is C27H29GeNO. The molecule has 2 heterocycles. The first kappa shape index (κ1) is 19.6. The van der Waals surface area contributed by atoms with Crippen molar-refractivity contribution in [2.75, 3.05) is 0 Å². The summed E-state index contributed by atoms with van der Waals surface area (Å²) in [4.78, 5) is 4.91. The van der Waals surface area contributed by atoms with E-state index in [1.54, 1.807) is 0 Å². The van der Waals surface area contributed by atoms with Gasteiger partial charge in [0.2, 0.25) is 0 Å². The number of rotatable bonds is 3. The van der Waals surface area contributed by atoms with Gasteiger partial charge in [-0.15, -0.1) is 0 Å². The van der Waals surface area contributed by atoms with Gasteiger partial charge in [0.1, 0.15) is 0 Å². The topological polar surface area (TPSA) is 22.1 Å². The Labute approximate surface area is 181 Å². The van der Waals surface area contributed by atoms with Gasteiger partial charge in [-0.3, -0.25) is 0 Å². The molecule has 0 bridgehead atoms. The molecule has 0 radical (unpaired) electrons. The van der Waals surface area contributed by atoms with Gasteiger partial charge in [0.25, 0.3) is 0 Å². The molecule has 0 N–H and O–H groups in total. The zero-order chi connectivity index (χ0) is 21.2. The van der Waals surface area contributed by atoms with Crippen LogP contribution in [0.1, 0.15) is 25.0 Å². The minimum atomic E-state index is -2.06. The van der Waals surface area contributed by atoms with Crippen molar-refractivity contribution in [3.05, 3.63) is 59.8 Å². The first-order chi connectivity index (χ1) is 14.3. The third kappa shape index (κ3) is 2.96. The molecule has 0 aliphatic carbocycles. The molecule has 0 amide bonds. The van der Waals surface area contributed by atoms with Gasteiger partial charge in [-0.2, -0.15) is 0 Å². The Kier molecular flexibility index (Phi) is 4.48. The number of aromatic nitrogens is 1. The molecule has 3 aromatic carbocycles. The van der Waals surface area contributed by atoms with Gasteiger partial charge in [0.15, 0.2) is 0 Å². The van der Waals surface area contributed by atoms with Crippen LogP contribution in [0.4, 0.5) is 0 Å². The van der Waals surface area contributed by atoms with Crippen LogP contribution < -0.4 is 9.13 Å². The van der Waals surface area contributed by atoms with Crippen molar-refractivity contribution in [2.45, 2.75) is 44.5 Å². The van der Waals surface area contributed by atoms with E-state index in [9.17, 15) is 0 Å². The van der Waals surface area contributed by atoms with E-state index in [1.807, 2.05) is 6.20 Å². The number of hydrogen-bond donors (Lipinski definition) is 0. The van der Waals surface area contributed by atoms with Crippen LogP contribution in [0, 0.1) is 12.8 Å². The van der Waals surface area contributed by atoms with Crippen molar-refractivity contribution in [1.82, 2.24) is 4.98 Å². The van der Waals surface area contributed by atoms with Crippen molar-refractivity contribution < 1.29 is 4.74 Å². The van der Waals surface area contributed by atoms with Crippen LogP contribution in [0.5, 0.6) is 11.5 Å². The van der Waals surface area contributed by atoms with Gasteiger partial charge in [0.05, 0.1) is 0 Å². The Bertz CT molecular complexity index is 1310. The predicted octanol–water partition coefficient (Wildman–Crippen LogP) is 7.21. The molecule has 0 saturated carbocycles. The second-order valence-corrected chi connectivity index (χ2v) is 20.6. The Morgan fingerprint density at radius 1 is 0.967 bits per heavy atom. The van der Waals surface area contributed by atoms with Crippen molar-refractivity contribution in [3.63, 3.8) is 0 Å². The molecule has 2 nitrogen and oxygen atoms in total. The number of pyridine rings is 1. The van der Waals surface area contributed by atoms with Gasteiger partial charge in [-0.1, -0.05) is 0 Å². The third-order valence-corrected chi connectivity index (χ3v) is 10.4. The molecule has 0 saturated heterocycles. The van der Waals surface area contributed by atoms with Crippen molar-refractivity contribution in [2.24, 2.45) is 5.92 Å². The Hall–Kier alpha value is -2.33. The van der Waals surface area contributed by atoms with Crippen LogP contribution in [0.2, 0.25) is 17.3 Å². The average Bonchev–Trinajstić information content (AvgIpc) is 2.69. The van der Waals surface area contributed by atoms with E-state index in [4.69, 9.17) is 9.72 Å². The zero-order valence-corrected chi connectivity index (χ0v) is 20.9. The zero-order valence-electron chi connectivity index (χ0n) is 18.8. The van der Waals surface area contributed by atoms with E-state index in [-0.39, 0.29) is 0 Å². The van der Waals surface area contributed by atoms with Gasteiger partial charge in [-0.25, -0.2) is 0 Å². The van der Waals surface area contributed by atoms with Crippen molar-refractivity contribution in [3.8, 4) is 22.8 Å². The van der Waals surface area contributed by atoms with Crippen LogP contribution in [-0.2, 0) is 6.42 Å². The monoisotopic (exact) mass is 457 g/mol. The molecule has 1 aliphatic heterocycles. The second kappa shape index (κ2) is 6.85. The maximum atomic E-state index is 6.77. The van der Waals surface area contributed by atoms with E-state index >= 15 is 0 Å². The van der Waals surface area contributed by atoms with Crippen molar-refractivity contribution >= 4 is 39.2 Å². The summed E-state index contributed by atoms with van der Waals surface area (Å²) in [6.07, 6.45) is 2.98. The van der Waals surface area contributed by atoms with Gasteiger partial charge < -0.3 is 0 Å². The molecule has 30 heavy (non-hydrogen) atoms. The van der Waals surface area contributed by atoms with E-state index in [0.29, 0.717) is 5.92 Å². The van der Waals surface area contributed by atoms with Crippen molar-refractivity contribution in [1.29, 1.82) is 0 Å². The molecule has 1 aliphatic rings. The standard InChI is InChI=1S/C27H29GeNO/c1-16(2)13-21-19-10-8-7-9-18(19)15-22-25-24-20(11-12-29-25)23(28(4,5)6)14-17(3)26(24)30-27(21)22/h7-12,14-16H,13H2,1-6H3. The first-order valence-corrected chi connectivity index (χ1v) is 18.3. The number of hydrogen-bond acceptors (Lipinski definition) is 2. The summed E-state index contributed by atoms with van der Waals surface area (Å²) in [5.41, 5.74) is 4.75. The van der Waals surface area contributed by atoms with E-state index in [1.165, 1.54) is 37.1 Å². The van der Waals surface area contributed by atoms with Crippen LogP contribution in [0.15, 0.2) is 48.7 Å². The maximum absolute atomic E-state index is 6.77. The molecule has 0 atom stereocenters. The summed E-state index contributed by atoms with van der Waals surface area (Å²) < 4.78 is 8.30. The Morgan fingerprint density at radius 2 is 1.73 bits per heavy atom. The molecule has 3 heteroatoms. The predicted molar refractivity (Wildman–Crippen MR) is 131 cm³/mol. The summed E-state index contributed by atoms with van der Waals surface area (Å²) in [7, 11) is 0. The summed E-state index contributed by atoms with van der Waals surface area (Å²) in [6, 6.07) is 15.5. The normalized spacial score (nSPS) is 13.0. The molecule has 0 spiro atoms. The average molecular weight is 456 g/mol. The van der Waals surface area contributed by atoms with Crippen LogP contribution in [-0.4, -0.2) is 18.3 Å². The fraction of sp³-hybridized carbons (Fsp3) is 0.296. The van der Waals surface area contributed by atoms with Gasteiger partial charge in [0, 0.05) is 0 Å². The molecular weight excluding hydrogens is 427 g/mol. The van der Waals surface area contributed by atoms with Crippen LogP contribution in [0.25, 0.3) is 32.8 Å². The quantitative estimate of drug-likeness (QED) is 0.268. The van der Waals surface area contributed by atoms with E-state index in [2.05, 4.69) is 80.5 Å². The Morgan fingerprint density at radius 3 is 2.47 bits per heavy atom. The summed E-state index contributed by atoms with van der Waals surface area (Å²) in [5.74, 6) is 9.93. The molecule has 4 aromatic rings. The fourth-order valence-electron chi connectivity index (χ4n) is 4.84. The number of ether oxygens (including phenoxy) is 1. The third-order valence-electron chi connectivity index (χ3n) is 6.17. The molecule has 5 rings (SSSR count). The fourth-order valence-corrected chi connectivity index (χ4v) is 8.33. The minimum absolute atomic E-state index is 0.547. The van der Waals surface area contributed by atoms with E-state index in [0.717, 1.165) is 29.2 Å². The molecule has 152 valence electrons. The SMILES string of the molecule is Cc1c[c]([Ge]([CH3])([CH3])[CH3])c2ccnc3c2c1Oc1c-3cc2ccccc2c1CC(C)C. The van der Waals surface area contributed by atoms with Crippen LogP contribution >= 0.6 is 0 Å². The molecule has 1 aromatic heterocycles. The number of nitrogens with zero attached hydrogens (tertiary/aromatic N) is 1. The second-order valence-electron chi connectivity index (χ2n) is 10.1. The summed E-state index contributed by atoms with van der Waals surface area (Å²) in [5, 5.41) is 5.09. The Balaban J connectivity index is 1.92. The summed E-state index contributed by atoms with van der Waals surface area (Å²) >= 11 is -2.06. The number of fused-ring (bicyclic) bond motifs is 3. The molecule has 0 fully saturated rings. The van der Waals surface area contributed by atoms with Gasteiger partial charge in [-0.05, 0) is 0 Å². The molecule has 0 unspecified atom stereocenters.